The first-order chi connectivity index (χ1) is 9.25. The van der Waals surface area contributed by atoms with E-state index in [-0.39, 0.29) is 5.78 Å². The largest absolute Gasteiger partial charge is 0.399 e. The van der Waals surface area contributed by atoms with Crippen molar-refractivity contribution >= 4 is 22.2 Å². The number of benzene rings is 3. The van der Waals surface area contributed by atoms with Crippen molar-refractivity contribution in [3.05, 3.63) is 65.7 Å². The van der Waals surface area contributed by atoms with Gasteiger partial charge in [-0.3, -0.25) is 4.79 Å². The summed E-state index contributed by atoms with van der Waals surface area (Å²) in [7, 11) is 0. The molecule has 0 aliphatic heterocycles. The second-order valence-corrected chi connectivity index (χ2v) is 4.85. The van der Waals surface area contributed by atoms with Crippen LogP contribution in [0.15, 0.2) is 54.6 Å². The van der Waals surface area contributed by atoms with Crippen LogP contribution in [0.5, 0.6) is 0 Å². The summed E-state index contributed by atoms with van der Waals surface area (Å²) >= 11 is 0. The van der Waals surface area contributed by atoms with E-state index in [4.69, 9.17) is 5.73 Å². The number of nitrogens with two attached hydrogens (primary N) is 1. The first-order valence-corrected chi connectivity index (χ1v) is 6.22. The van der Waals surface area contributed by atoms with E-state index in [0.717, 1.165) is 38.7 Å². The zero-order valence-electron chi connectivity index (χ0n) is 10.2. The molecule has 0 atom stereocenters. The maximum absolute atomic E-state index is 12.5. The van der Waals surface area contributed by atoms with E-state index in [9.17, 15) is 4.79 Å². The van der Waals surface area contributed by atoms with Gasteiger partial charge in [-0.15, -0.1) is 0 Å². The van der Waals surface area contributed by atoms with E-state index < -0.39 is 0 Å². The summed E-state index contributed by atoms with van der Waals surface area (Å²) in [4.78, 5) is 12.5. The lowest BCUT2D eigenvalue weighted by Gasteiger charge is -2.20. The van der Waals surface area contributed by atoms with Gasteiger partial charge in [-0.05, 0) is 28.6 Å². The predicted molar refractivity (Wildman–Crippen MR) is 77.2 cm³/mol. The van der Waals surface area contributed by atoms with Crippen LogP contribution in [0.4, 0.5) is 5.69 Å². The molecule has 1 aliphatic carbocycles. The van der Waals surface area contributed by atoms with Crippen molar-refractivity contribution in [2.75, 3.05) is 5.73 Å². The zero-order chi connectivity index (χ0) is 13.0. The van der Waals surface area contributed by atoms with E-state index in [1.165, 1.54) is 0 Å². The number of carbonyl (C=O) groups is 1. The van der Waals surface area contributed by atoms with Gasteiger partial charge in [-0.1, -0.05) is 42.5 Å². The van der Waals surface area contributed by atoms with Gasteiger partial charge >= 0.3 is 0 Å². The van der Waals surface area contributed by atoms with E-state index >= 15 is 0 Å². The Kier molecular flexibility index (Phi) is 1.88. The lowest BCUT2D eigenvalue weighted by Crippen LogP contribution is -2.09. The number of hydrogen-bond acceptors (Lipinski definition) is 2. The van der Waals surface area contributed by atoms with E-state index in [1.807, 2.05) is 54.6 Å². The SMILES string of the molecule is Nc1cc2c3c(cccc3c1)C(=O)c1ccccc1-2. The van der Waals surface area contributed by atoms with Crippen LogP contribution in [0, 0.1) is 0 Å². The predicted octanol–water partition coefficient (Wildman–Crippen LogP) is 3.63. The quantitative estimate of drug-likeness (QED) is 0.481. The van der Waals surface area contributed by atoms with Crippen molar-refractivity contribution in [3.8, 4) is 11.1 Å². The van der Waals surface area contributed by atoms with Crippen LogP contribution < -0.4 is 5.73 Å². The molecule has 0 saturated heterocycles. The van der Waals surface area contributed by atoms with Gasteiger partial charge in [0.2, 0.25) is 0 Å². The smallest absolute Gasteiger partial charge is 0.194 e. The minimum atomic E-state index is 0.0958. The maximum atomic E-state index is 12.5. The number of anilines is 1. The van der Waals surface area contributed by atoms with Gasteiger partial charge in [-0.25, -0.2) is 0 Å². The van der Waals surface area contributed by atoms with Gasteiger partial charge < -0.3 is 5.73 Å². The Labute approximate surface area is 110 Å². The monoisotopic (exact) mass is 245 g/mol. The molecule has 3 aromatic rings. The summed E-state index contributed by atoms with van der Waals surface area (Å²) < 4.78 is 0. The normalized spacial score (nSPS) is 12.5. The molecule has 2 N–H and O–H groups in total. The Morgan fingerprint density at radius 1 is 0.737 bits per heavy atom. The molecule has 0 saturated carbocycles. The zero-order valence-corrected chi connectivity index (χ0v) is 10.2. The highest BCUT2D eigenvalue weighted by Crippen LogP contribution is 2.40. The minimum Gasteiger partial charge on any atom is -0.399 e. The molecule has 0 radical (unpaired) electrons. The Morgan fingerprint density at radius 2 is 1.47 bits per heavy atom. The Hall–Kier alpha value is -2.61. The fourth-order valence-electron chi connectivity index (χ4n) is 2.91. The van der Waals surface area contributed by atoms with Crippen molar-refractivity contribution in [2.24, 2.45) is 0 Å². The molecule has 0 amide bonds. The number of rotatable bonds is 0. The number of hydrogen-bond donors (Lipinski definition) is 1. The van der Waals surface area contributed by atoms with Crippen LogP contribution in [-0.4, -0.2) is 5.78 Å². The molecule has 0 unspecified atom stereocenters. The van der Waals surface area contributed by atoms with Crippen LogP contribution in [0.3, 0.4) is 0 Å². The molecule has 4 rings (SSSR count). The molecule has 0 bridgehead atoms. The molecule has 1 aliphatic rings. The molecule has 0 fully saturated rings. The molecular weight excluding hydrogens is 234 g/mol. The standard InChI is InChI=1S/C17H11NO/c18-11-8-10-4-3-7-14-16(10)15(9-11)12-5-1-2-6-13(12)17(14)19/h1-9H,18H2. The highest BCUT2D eigenvalue weighted by atomic mass is 16.1. The Balaban J connectivity index is 2.28. The fourth-order valence-corrected chi connectivity index (χ4v) is 2.91. The lowest BCUT2D eigenvalue weighted by atomic mass is 9.82. The molecule has 2 heteroatoms. The van der Waals surface area contributed by atoms with Gasteiger partial charge in [-0.2, -0.15) is 0 Å². The molecule has 3 aromatic carbocycles. The third kappa shape index (κ3) is 1.28. The molecule has 19 heavy (non-hydrogen) atoms. The number of fused-ring (bicyclic) bond motifs is 2. The molecule has 0 heterocycles. The van der Waals surface area contributed by atoms with Crippen molar-refractivity contribution in [3.63, 3.8) is 0 Å². The highest BCUT2D eigenvalue weighted by Gasteiger charge is 2.24. The van der Waals surface area contributed by atoms with Gasteiger partial charge in [0, 0.05) is 22.2 Å². The van der Waals surface area contributed by atoms with Crippen LogP contribution in [-0.2, 0) is 0 Å². The number of nitrogen functional groups attached to an aromatic ring is 1. The van der Waals surface area contributed by atoms with E-state index in [2.05, 4.69) is 0 Å². The van der Waals surface area contributed by atoms with Crippen LogP contribution in [0.25, 0.3) is 21.9 Å². The maximum Gasteiger partial charge on any atom is 0.194 e. The summed E-state index contributed by atoms with van der Waals surface area (Å²) in [5.74, 6) is 0.0958. The molecule has 0 aromatic heterocycles. The molecule has 2 nitrogen and oxygen atoms in total. The summed E-state index contributed by atoms with van der Waals surface area (Å²) in [6.45, 7) is 0. The third-order valence-corrected chi connectivity index (χ3v) is 3.71. The summed E-state index contributed by atoms with van der Waals surface area (Å²) in [6, 6.07) is 17.4. The van der Waals surface area contributed by atoms with Gasteiger partial charge in [0.25, 0.3) is 0 Å². The summed E-state index contributed by atoms with van der Waals surface area (Å²) in [6.07, 6.45) is 0. The van der Waals surface area contributed by atoms with Crippen molar-refractivity contribution in [2.45, 2.75) is 0 Å². The molecule has 90 valence electrons. The van der Waals surface area contributed by atoms with Gasteiger partial charge in [0.15, 0.2) is 5.78 Å². The van der Waals surface area contributed by atoms with Crippen LogP contribution in [0.2, 0.25) is 0 Å². The van der Waals surface area contributed by atoms with Crippen LogP contribution >= 0.6 is 0 Å². The molecule has 0 spiro atoms. The summed E-state index contributed by atoms with van der Waals surface area (Å²) in [5.41, 5.74) is 10.3. The third-order valence-electron chi connectivity index (χ3n) is 3.71. The second-order valence-electron chi connectivity index (χ2n) is 4.85. The van der Waals surface area contributed by atoms with Gasteiger partial charge in [0.05, 0.1) is 0 Å². The van der Waals surface area contributed by atoms with E-state index in [1.54, 1.807) is 0 Å². The van der Waals surface area contributed by atoms with E-state index in [0.29, 0.717) is 0 Å². The van der Waals surface area contributed by atoms with Crippen LogP contribution in [0.1, 0.15) is 15.9 Å². The first kappa shape index (κ1) is 10.3. The lowest BCUT2D eigenvalue weighted by molar-refractivity contribution is 0.104. The number of ketones is 1. The Morgan fingerprint density at radius 3 is 2.32 bits per heavy atom. The summed E-state index contributed by atoms with van der Waals surface area (Å²) in [5, 5.41) is 2.04. The topological polar surface area (TPSA) is 43.1 Å². The van der Waals surface area contributed by atoms with Gasteiger partial charge in [0.1, 0.15) is 0 Å². The van der Waals surface area contributed by atoms with Crippen molar-refractivity contribution in [1.82, 2.24) is 0 Å². The fraction of sp³-hybridized carbons (Fsp3) is 0. The Bertz CT molecular complexity index is 849. The average Bonchev–Trinajstić information content (AvgIpc) is 2.44. The number of carbonyl (C=O) groups excluding carboxylic acids is 1. The second kappa shape index (κ2) is 3.45. The minimum absolute atomic E-state index is 0.0958. The average molecular weight is 245 g/mol. The van der Waals surface area contributed by atoms with Crippen molar-refractivity contribution < 1.29 is 4.79 Å². The first-order valence-electron chi connectivity index (χ1n) is 6.22. The van der Waals surface area contributed by atoms with Crippen molar-refractivity contribution in [1.29, 1.82) is 0 Å². The molecular formula is C17H11NO. The highest BCUT2D eigenvalue weighted by molar-refractivity contribution is 6.26.